The maximum Gasteiger partial charge on any atom is 0.303 e. The molecule has 2 heterocycles. The first-order valence-electron chi connectivity index (χ1n) is 12.6. The van der Waals surface area contributed by atoms with E-state index in [0.717, 1.165) is 42.9 Å². The van der Waals surface area contributed by atoms with E-state index in [0.29, 0.717) is 10.4 Å². The zero-order valence-electron chi connectivity index (χ0n) is 22.7. The Hall–Kier alpha value is -4.36. The molecule has 12 nitrogen and oxygen atoms in total. The normalized spacial score (nSPS) is 21.9. The van der Waals surface area contributed by atoms with Crippen LogP contribution in [0.2, 0.25) is 0 Å². The summed E-state index contributed by atoms with van der Waals surface area (Å²) in [5, 5.41) is 5.12. The van der Waals surface area contributed by atoms with Gasteiger partial charge in [-0.25, -0.2) is 4.98 Å². The minimum absolute atomic E-state index is 0.232. The second kappa shape index (κ2) is 12.9. The van der Waals surface area contributed by atoms with Crippen LogP contribution in [0.1, 0.15) is 42.9 Å². The van der Waals surface area contributed by atoms with Crippen molar-refractivity contribution in [2.24, 2.45) is 0 Å². The molecule has 216 valence electrons. The van der Waals surface area contributed by atoms with Crippen LogP contribution < -0.4 is 5.32 Å². The second-order valence-corrected chi connectivity index (χ2v) is 10.2. The van der Waals surface area contributed by atoms with Crippen LogP contribution in [0.15, 0.2) is 48.7 Å². The molecule has 1 fully saturated rings. The summed E-state index contributed by atoms with van der Waals surface area (Å²) < 4.78 is 27.4. The van der Waals surface area contributed by atoms with Crippen LogP contribution >= 0.6 is 11.3 Å². The van der Waals surface area contributed by atoms with E-state index in [-0.39, 0.29) is 17.5 Å². The van der Waals surface area contributed by atoms with Gasteiger partial charge in [-0.05, 0) is 16.8 Å². The molecule has 13 heteroatoms. The predicted molar refractivity (Wildman–Crippen MR) is 145 cm³/mol. The number of carbonyl (C=O) groups excluding carboxylic acids is 5. The first kappa shape index (κ1) is 29.6. The average molecular weight is 585 g/mol. The number of hydrogen-bond donors (Lipinski definition) is 1. The molecule has 4 rings (SSSR count). The number of fused-ring (bicyclic) bond motifs is 1. The molecule has 3 unspecified atom stereocenters. The molecule has 0 radical (unpaired) electrons. The number of carbonyl (C=O) groups is 5. The average Bonchev–Trinajstić information content (AvgIpc) is 3.38. The van der Waals surface area contributed by atoms with Crippen LogP contribution in [0.4, 0.5) is 5.13 Å². The van der Waals surface area contributed by atoms with E-state index in [2.05, 4.69) is 10.3 Å². The number of thiazole rings is 1. The van der Waals surface area contributed by atoms with E-state index >= 15 is 0 Å². The minimum atomic E-state index is -1.33. The molecule has 0 bridgehead atoms. The van der Waals surface area contributed by atoms with Gasteiger partial charge in [0.15, 0.2) is 29.7 Å². The maximum atomic E-state index is 13.2. The number of aromatic nitrogens is 1. The molecule has 5 atom stereocenters. The van der Waals surface area contributed by atoms with E-state index in [9.17, 15) is 24.0 Å². The molecule has 2 aromatic carbocycles. The van der Waals surface area contributed by atoms with Crippen LogP contribution in [0, 0.1) is 0 Å². The number of nitrogens with one attached hydrogen (secondary N) is 1. The molecule has 0 amide bonds. The molecular weight excluding hydrogens is 556 g/mol. The van der Waals surface area contributed by atoms with Crippen LogP contribution in [0.25, 0.3) is 10.8 Å². The highest BCUT2D eigenvalue weighted by Gasteiger charge is 2.52. The highest BCUT2D eigenvalue weighted by molar-refractivity contribution is 7.17. The summed E-state index contributed by atoms with van der Waals surface area (Å²) in [6.45, 7) is 4.26. The third-order valence-corrected chi connectivity index (χ3v) is 6.93. The van der Waals surface area contributed by atoms with Gasteiger partial charge in [-0.1, -0.05) is 47.7 Å². The molecule has 1 saturated heterocycles. The molecule has 0 spiro atoms. The Bertz CT molecular complexity index is 1470. The van der Waals surface area contributed by atoms with Crippen molar-refractivity contribution in [2.75, 3.05) is 11.9 Å². The summed E-state index contributed by atoms with van der Waals surface area (Å²) in [5.74, 6) is -3.07. The first-order chi connectivity index (χ1) is 19.5. The summed E-state index contributed by atoms with van der Waals surface area (Å²) >= 11 is 1.03. The van der Waals surface area contributed by atoms with Gasteiger partial charge in [0.1, 0.15) is 12.7 Å². The van der Waals surface area contributed by atoms with Crippen LogP contribution in [0.5, 0.6) is 0 Å². The number of ketones is 1. The largest absolute Gasteiger partial charge is 0.463 e. The lowest BCUT2D eigenvalue weighted by Crippen LogP contribution is -2.64. The summed E-state index contributed by atoms with van der Waals surface area (Å²) in [5.41, 5.74) is 0.478. The number of anilines is 1. The summed E-state index contributed by atoms with van der Waals surface area (Å²) in [6, 6.07) is 13.1. The van der Waals surface area contributed by atoms with Gasteiger partial charge >= 0.3 is 23.9 Å². The van der Waals surface area contributed by atoms with Gasteiger partial charge in [-0.2, -0.15) is 0 Å². The van der Waals surface area contributed by atoms with Crippen LogP contribution in [-0.4, -0.2) is 71.9 Å². The number of nitrogens with zero attached hydrogens (tertiary/aromatic N) is 1. The van der Waals surface area contributed by atoms with Gasteiger partial charge in [0.25, 0.3) is 0 Å². The SMILES string of the molecule is CC(=O)OCC1O[C@H](Nc2ncc(C(=O)c3ccc4ccccc4c3)s2)C(OC(C)=O)C(OC(C)=O)[C@@H]1OC(C)=O. The molecular formula is C28H28N2O10S. The molecule has 0 saturated carbocycles. The Kier molecular flexibility index (Phi) is 9.30. The van der Waals surface area contributed by atoms with Crippen molar-refractivity contribution in [1.29, 1.82) is 0 Å². The van der Waals surface area contributed by atoms with Crippen LogP contribution in [0.3, 0.4) is 0 Å². The topological polar surface area (TPSA) is 156 Å². The van der Waals surface area contributed by atoms with Crippen molar-refractivity contribution in [2.45, 2.75) is 58.3 Å². The molecule has 3 aromatic rings. The molecule has 1 aromatic heterocycles. The Morgan fingerprint density at radius 2 is 1.46 bits per heavy atom. The molecule has 1 N–H and O–H groups in total. The van der Waals surface area contributed by atoms with Crippen molar-refractivity contribution in [3.63, 3.8) is 0 Å². The quantitative estimate of drug-likeness (QED) is 0.223. The zero-order chi connectivity index (χ0) is 29.7. The van der Waals surface area contributed by atoms with Gasteiger partial charge < -0.3 is 29.0 Å². The summed E-state index contributed by atoms with van der Waals surface area (Å²) in [7, 11) is 0. The highest BCUT2D eigenvalue weighted by Crippen LogP contribution is 2.32. The fourth-order valence-corrected chi connectivity index (χ4v) is 5.19. The number of rotatable bonds is 9. The van der Waals surface area contributed by atoms with Crippen molar-refractivity contribution in [3.05, 3.63) is 59.1 Å². The summed E-state index contributed by atoms with van der Waals surface area (Å²) in [6.07, 6.45) is -4.83. The maximum absolute atomic E-state index is 13.2. The van der Waals surface area contributed by atoms with E-state index in [1.165, 1.54) is 13.1 Å². The highest BCUT2D eigenvalue weighted by atomic mass is 32.1. The Morgan fingerprint density at radius 1 is 0.829 bits per heavy atom. The van der Waals surface area contributed by atoms with Gasteiger partial charge in [0.2, 0.25) is 5.78 Å². The standard InChI is InChI=1S/C28H28N2O10S/c1-14(31)36-13-21-24(37-15(2)32)25(38-16(3)33)26(39-17(4)34)27(40-21)30-28-29-12-22(41-28)23(35)20-10-9-18-7-5-6-8-19(18)11-20/h5-12,21,24-27H,13H2,1-4H3,(H,29,30)/t21?,24-,25?,26?,27+/m1/s1. The van der Waals surface area contributed by atoms with Gasteiger partial charge in [0, 0.05) is 33.3 Å². The Labute approximate surface area is 238 Å². The zero-order valence-corrected chi connectivity index (χ0v) is 23.5. The minimum Gasteiger partial charge on any atom is -0.463 e. The van der Waals surface area contributed by atoms with E-state index in [4.69, 9.17) is 23.7 Å². The van der Waals surface area contributed by atoms with Crippen molar-refractivity contribution < 1.29 is 47.7 Å². The van der Waals surface area contributed by atoms with Gasteiger partial charge in [-0.3, -0.25) is 24.0 Å². The number of ether oxygens (including phenoxy) is 5. The summed E-state index contributed by atoms with van der Waals surface area (Å²) in [4.78, 5) is 65.3. The second-order valence-electron chi connectivity index (χ2n) is 9.18. The Balaban J connectivity index is 1.62. The van der Waals surface area contributed by atoms with Gasteiger partial charge in [-0.15, -0.1) is 0 Å². The van der Waals surface area contributed by atoms with Crippen LogP contribution in [-0.2, 0) is 42.9 Å². The lowest BCUT2D eigenvalue weighted by atomic mass is 9.97. The monoisotopic (exact) mass is 584 g/mol. The third-order valence-electron chi connectivity index (χ3n) is 6.00. The number of benzene rings is 2. The first-order valence-corrected chi connectivity index (χ1v) is 13.4. The number of esters is 4. The van der Waals surface area contributed by atoms with Crippen molar-refractivity contribution in [1.82, 2.24) is 4.98 Å². The molecule has 0 aliphatic carbocycles. The van der Waals surface area contributed by atoms with E-state index in [1.54, 1.807) is 12.1 Å². The molecule has 1 aliphatic rings. The number of hydrogen-bond acceptors (Lipinski definition) is 13. The molecule has 41 heavy (non-hydrogen) atoms. The lowest BCUT2D eigenvalue weighted by molar-refractivity contribution is -0.247. The Morgan fingerprint density at radius 3 is 2.12 bits per heavy atom. The third kappa shape index (κ3) is 7.44. The van der Waals surface area contributed by atoms with Crippen molar-refractivity contribution >= 4 is 56.9 Å². The van der Waals surface area contributed by atoms with E-state index < -0.39 is 54.5 Å². The fourth-order valence-electron chi connectivity index (χ4n) is 4.38. The molecule has 1 aliphatic heterocycles. The van der Waals surface area contributed by atoms with Crippen molar-refractivity contribution in [3.8, 4) is 0 Å². The smallest absolute Gasteiger partial charge is 0.303 e. The predicted octanol–water partition coefficient (Wildman–Crippen LogP) is 3.02. The van der Waals surface area contributed by atoms with E-state index in [1.807, 2.05) is 30.3 Å². The lowest BCUT2D eigenvalue weighted by Gasteiger charge is -2.44. The fraction of sp³-hybridized carbons (Fsp3) is 0.357. The van der Waals surface area contributed by atoms with Gasteiger partial charge in [0.05, 0.1) is 11.1 Å².